The first-order chi connectivity index (χ1) is 38.9. The van der Waals surface area contributed by atoms with Gasteiger partial charge in [0.2, 0.25) is 0 Å². The van der Waals surface area contributed by atoms with Gasteiger partial charge >= 0.3 is 0 Å². The molecule has 79 heavy (non-hydrogen) atoms. The fourth-order valence-electron chi connectivity index (χ4n) is 13.3. The van der Waals surface area contributed by atoms with E-state index in [1.807, 2.05) is 0 Å². The van der Waals surface area contributed by atoms with E-state index in [0.717, 1.165) is 113 Å². The summed E-state index contributed by atoms with van der Waals surface area (Å²) in [6, 6.07) is 90.0. The topological polar surface area (TPSA) is 32.8 Å². The summed E-state index contributed by atoms with van der Waals surface area (Å²) in [5.74, 6) is 0. The molecule has 0 N–H and O–H groups in total. The average molecular weight is 1020 g/mol. The van der Waals surface area contributed by atoms with Gasteiger partial charge in [0.15, 0.2) is 11.2 Å². The summed E-state index contributed by atoms with van der Waals surface area (Å²) in [5.41, 5.74) is 21.5. The van der Waals surface area contributed by atoms with Gasteiger partial charge in [-0.05, 0) is 165 Å². The first-order valence-corrected chi connectivity index (χ1v) is 27.8. The summed E-state index contributed by atoms with van der Waals surface area (Å²) < 4.78 is 13.8. The maximum absolute atomic E-state index is 6.88. The summed E-state index contributed by atoms with van der Waals surface area (Å²) in [6.07, 6.45) is 1.94. The summed E-state index contributed by atoms with van der Waals surface area (Å²) >= 11 is 0. The maximum Gasteiger partial charge on any atom is 0.159 e. The second kappa shape index (κ2) is 18.3. The van der Waals surface area contributed by atoms with Gasteiger partial charge in [-0.1, -0.05) is 196 Å². The van der Waals surface area contributed by atoms with Crippen molar-refractivity contribution in [2.45, 2.75) is 46.0 Å². The first-order valence-electron chi connectivity index (χ1n) is 27.8. The lowest BCUT2D eigenvalue weighted by Gasteiger charge is -2.35. The number of hydrogen-bond donors (Lipinski definition) is 0. The zero-order chi connectivity index (χ0) is 52.9. The third-order valence-corrected chi connectivity index (χ3v) is 17.1. The van der Waals surface area contributed by atoms with Crippen molar-refractivity contribution in [2.24, 2.45) is 0 Å². The van der Waals surface area contributed by atoms with Gasteiger partial charge in [-0.25, -0.2) is 0 Å². The van der Waals surface area contributed by atoms with E-state index >= 15 is 0 Å². The molecule has 0 spiro atoms. The molecular weight excluding hydrogens is 961 g/mol. The zero-order valence-electron chi connectivity index (χ0n) is 44.7. The van der Waals surface area contributed by atoms with E-state index in [2.05, 4.69) is 280 Å². The van der Waals surface area contributed by atoms with Gasteiger partial charge < -0.3 is 18.6 Å². The Morgan fingerprint density at radius 3 is 1.11 bits per heavy atom. The van der Waals surface area contributed by atoms with Crippen LogP contribution in [0.4, 0.5) is 34.1 Å². The van der Waals surface area contributed by atoms with Crippen LogP contribution >= 0.6 is 0 Å². The number of hydrogen-bond acceptors (Lipinski definition) is 4. The molecule has 0 saturated carbocycles. The van der Waals surface area contributed by atoms with Crippen LogP contribution in [0, 0.1) is 13.8 Å². The molecule has 12 aromatic carbocycles. The highest BCUT2D eigenvalue weighted by Gasteiger charge is 2.48. The number of benzene rings is 12. The highest BCUT2D eigenvalue weighted by molar-refractivity contribution is 6.14. The molecule has 0 aliphatic heterocycles. The number of rotatable bonds is 10. The molecule has 0 atom stereocenters. The number of fused-ring (bicyclic) bond motifs is 13. The van der Waals surface area contributed by atoms with E-state index in [4.69, 9.17) is 8.83 Å². The molecule has 2 aromatic heterocycles. The third-order valence-electron chi connectivity index (χ3n) is 17.1. The molecular formula is C75H56N2O2. The van der Waals surface area contributed by atoms with Crippen molar-refractivity contribution in [1.29, 1.82) is 0 Å². The standard InChI is InChI=1S/C75H56N2O2/c1-5-49-29-35-55(36-30-49)76(67-27-15-25-65-63-23-13-17-47(3)71(63)78-73(65)67)57-39-43-59-51(45-57)33-41-61-62-42-34-52-46-58(40-44-60(52)70(62)75(69(59)61,53-19-9-7-10-20-53)54-21-11-8-12-22-54)77(56-37-31-50(6-2)32-38-56)68-28-16-26-66-64-24-14-18-48(4)72(64)79-74(66)68/h7-46H,5-6H2,1-4H3. The summed E-state index contributed by atoms with van der Waals surface area (Å²) in [4.78, 5) is 4.76. The molecule has 2 heterocycles. The van der Waals surface area contributed by atoms with Crippen LogP contribution in [0.2, 0.25) is 0 Å². The second-order valence-corrected chi connectivity index (χ2v) is 21.4. The number of para-hydroxylation sites is 4. The molecule has 1 aliphatic carbocycles. The average Bonchev–Trinajstić information content (AvgIpc) is 4.00. The first kappa shape index (κ1) is 46.6. The summed E-state index contributed by atoms with van der Waals surface area (Å²) in [5, 5.41) is 9.22. The smallest absolute Gasteiger partial charge is 0.159 e. The van der Waals surface area contributed by atoms with Crippen molar-refractivity contribution in [2.75, 3.05) is 9.80 Å². The van der Waals surface area contributed by atoms with E-state index in [-0.39, 0.29) is 0 Å². The van der Waals surface area contributed by atoms with Crippen LogP contribution in [0.25, 0.3) is 76.5 Å². The Balaban J connectivity index is 0.955. The number of anilines is 6. The Kier molecular flexibility index (Phi) is 10.8. The van der Waals surface area contributed by atoms with E-state index in [0.29, 0.717) is 0 Å². The van der Waals surface area contributed by atoms with E-state index in [1.165, 1.54) is 55.3 Å². The van der Waals surface area contributed by atoms with Gasteiger partial charge in [-0.15, -0.1) is 0 Å². The SMILES string of the molecule is CCc1ccc(N(c2ccc3c4c(ccc3c2)-c2ccc3cc(N(c5ccc(CC)cc5)c5cccc6c5oc5c(C)cccc56)ccc3c2C4(c2ccccc2)c2ccccc2)c2cccc3c2oc2c(C)cccc23)cc1. The maximum atomic E-state index is 6.88. The van der Waals surface area contributed by atoms with Crippen LogP contribution in [0.3, 0.4) is 0 Å². The summed E-state index contributed by atoms with van der Waals surface area (Å²) in [7, 11) is 0. The molecule has 14 aromatic rings. The minimum atomic E-state index is -0.684. The Morgan fingerprint density at radius 2 is 0.709 bits per heavy atom. The zero-order valence-corrected chi connectivity index (χ0v) is 44.7. The molecule has 15 rings (SSSR count). The summed E-state index contributed by atoms with van der Waals surface area (Å²) in [6.45, 7) is 8.68. The minimum Gasteiger partial charge on any atom is -0.454 e. The fourth-order valence-corrected chi connectivity index (χ4v) is 13.3. The van der Waals surface area contributed by atoms with Crippen LogP contribution in [-0.2, 0) is 18.3 Å². The van der Waals surface area contributed by atoms with Crippen LogP contribution in [0.15, 0.2) is 251 Å². The highest BCUT2D eigenvalue weighted by atomic mass is 16.3. The van der Waals surface area contributed by atoms with Crippen molar-refractivity contribution in [3.63, 3.8) is 0 Å². The number of furan rings is 2. The largest absolute Gasteiger partial charge is 0.454 e. The van der Waals surface area contributed by atoms with Crippen molar-refractivity contribution < 1.29 is 8.83 Å². The lowest BCUT2D eigenvalue weighted by Crippen LogP contribution is -2.29. The minimum absolute atomic E-state index is 0.684. The molecule has 0 fully saturated rings. The molecule has 0 bridgehead atoms. The Hall–Kier alpha value is -9.64. The molecule has 1 aliphatic rings. The number of aryl methyl sites for hydroxylation is 4. The van der Waals surface area contributed by atoms with Gasteiger partial charge in [-0.3, -0.25) is 0 Å². The van der Waals surface area contributed by atoms with Crippen molar-refractivity contribution in [3.8, 4) is 11.1 Å². The lowest BCUT2D eigenvalue weighted by atomic mass is 9.66. The van der Waals surface area contributed by atoms with E-state index in [1.54, 1.807) is 0 Å². The second-order valence-electron chi connectivity index (χ2n) is 21.4. The lowest BCUT2D eigenvalue weighted by molar-refractivity contribution is 0.665. The monoisotopic (exact) mass is 1020 g/mol. The number of nitrogens with zero attached hydrogens (tertiary/aromatic N) is 2. The van der Waals surface area contributed by atoms with E-state index < -0.39 is 5.41 Å². The third kappa shape index (κ3) is 7.07. The van der Waals surface area contributed by atoms with Crippen molar-refractivity contribution >= 4 is 99.5 Å². The molecule has 4 nitrogen and oxygen atoms in total. The molecule has 0 saturated heterocycles. The van der Waals surface area contributed by atoms with Crippen molar-refractivity contribution in [3.05, 3.63) is 287 Å². The quantitative estimate of drug-likeness (QED) is 0.137. The Labute approximate surface area is 460 Å². The van der Waals surface area contributed by atoms with E-state index in [9.17, 15) is 0 Å². The Morgan fingerprint density at radius 1 is 0.329 bits per heavy atom. The fraction of sp³-hybridized carbons (Fsp3) is 0.0933. The molecule has 0 radical (unpaired) electrons. The van der Waals surface area contributed by atoms with Crippen molar-refractivity contribution in [1.82, 2.24) is 0 Å². The van der Waals surface area contributed by atoms with Crippen LogP contribution in [-0.4, -0.2) is 0 Å². The molecule has 0 amide bonds. The predicted octanol–water partition coefficient (Wildman–Crippen LogP) is 20.8. The van der Waals surface area contributed by atoms with Gasteiger partial charge in [-0.2, -0.15) is 0 Å². The molecule has 0 unspecified atom stereocenters. The van der Waals surface area contributed by atoms with Gasteiger partial charge in [0, 0.05) is 44.3 Å². The van der Waals surface area contributed by atoms with Crippen LogP contribution in [0.5, 0.6) is 0 Å². The van der Waals surface area contributed by atoms with Gasteiger partial charge in [0.25, 0.3) is 0 Å². The molecule has 378 valence electrons. The van der Waals surface area contributed by atoms with Crippen LogP contribution < -0.4 is 9.80 Å². The normalized spacial score (nSPS) is 12.8. The van der Waals surface area contributed by atoms with Gasteiger partial charge in [0.1, 0.15) is 11.2 Å². The van der Waals surface area contributed by atoms with Crippen LogP contribution in [0.1, 0.15) is 58.4 Å². The molecule has 4 heteroatoms. The predicted molar refractivity (Wildman–Crippen MR) is 331 cm³/mol. The van der Waals surface area contributed by atoms with Gasteiger partial charge in [0.05, 0.1) is 16.8 Å². The Bertz CT molecular complexity index is 4400. The highest BCUT2D eigenvalue weighted by Crippen LogP contribution is 2.60.